The van der Waals surface area contributed by atoms with Crippen LogP contribution in [-0.2, 0) is 9.53 Å². The number of nitrogens with one attached hydrogen (secondary N) is 1. The minimum absolute atomic E-state index is 0.213. The average molecular weight is 283 g/mol. The lowest BCUT2D eigenvalue weighted by Crippen LogP contribution is -2.31. The Hall–Kier alpha value is -1.06. The zero-order valence-electron chi connectivity index (χ0n) is 12.8. The van der Waals surface area contributed by atoms with Crippen molar-refractivity contribution in [3.8, 4) is 0 Å². The fourth-order valence-corrected chi connectivity index (χ4v) is 2.72. The van der Waals surface area contributed by atoms with Crippen LogP contribution in [0.2, 0.25) is 0 Å². The van der Waals surface area contributed by atoms with Crippen molar-refractivity contribution in [2.75, 3.05) is 6.61 Å². The van der Waals surface area contributed by atoms with E-state index in [9.17, 15) is 9.59 Å². The number of alkyl carbamates (subject to hydrolysis) is 1. The lowest BCUT2D eigenvalue weighted by Gasteiger charge is -2.21. The molecule has 0 aromatic rings. The first-order valence-electron chi connectivity index (χ1n) is 8.19. The van der Waals surface area contributed by atoms with E-state index >= 15 is 0 Å². The lowest BCUT2D eigenvalue weighted by atomic mass is 9.85. The molecular weight excluding hydrogens is 254 g/mol. The molecule has 1 rings (SSSR count). The predicted molar refractivity (Wildman–Crippen MR) is 79.4 cm³/mol. The van der Waals surface area contributed by atoms with Crippen LogP contribution in [0.3, 0.4) is 0 Å². The smallest absolute Gasteiger partial charge is 0.413 e. The van der Waals surface area contributed by atoms with Gasteiger partial charge in [0.1, 0.15) is 0 Å². The van der Waals surface area contributed by atoms with Crippen molar-refractivity contribution in [2.45, 2.75) is 77.6 Å². The van der Waals surface area contributed by atoms with Crippen molar-refractivity contribution in [3.63, 3.8) is 0 Å². The molecule has 4 heteroatoms. The molecule has 0 radical (unpaired) electrons. The van der Waals surface area contributed by atoms with Crippen molar-refractivity contribution in [2.24, 2.45) is 5.92 Å². The summed E-state index contributed by atoms with van der Waals surface area (Å²) in [5.41, 5.74) is 0. The van der Waals surface area contributed by atoms with E-state index in [1.807, 2.05) is 6.92 Å². The lowest BCUT2D eigenvalue weighted by molar-refractivity contribution is -0.120. The van der Waals surface area contributed by atoms with Gasteiger partial charge in [0.05, 0.1) is 6.61 Å². The normalized spacial score (nSPS) is 15.8. The van der Waals surface area contributed by atoms with Crippen molar-refractivity contribution in [1.82, 2.24) is 5.32 Å². The third-order valence-corrected chi connectivity index (χ3v) is 3.96. The molecular formula is C16H29NO3. The fourth-order valence-electron chi connectivity index (χ4n) is 2.72. The molecule has 0 atom stereocenters. The summed E-state index contributed by atoms with van der Waals surface area (Å²) in [6.07, 6.45) is 11.7. The molecule has 0 aromatic heterocycles. The Morgan fingerprint density at radius 2 is 1.85 bits per heavy atom. The maximum atomic E-state index is 11.5. The van der Waals surface area contributed by atoms with Gasteiger partial charge in [-0.1, -0.05) is 58.3 Å². The van der Waals surface area contributed by atoms with Crippen LogP contribution in [0.4, 0.5) is 4.79 Å². The molecule has 1 aliphatic carbocycles. The van der Waals surface area contributed by atoms with Crippen LogP contribution in [0.25, 0.3) is 0 Å². The molecule has 2 amide bonds. The SMILES string of the molecule is CCCCOC(=O)NC(=O)CCCCC1CCCCC1. The third kappa shape index (κ3) is 8.18. The number of imide groups is 1. The summed E-state index contributed by atoms with van der Waals surface area (Å²) in [4.78, 5) is 22.8. The molecule has 0 spiro atoms. The molecule has 4 nitrogen and oxygen atoms in total. The Bertz CT molecular complexity index is 285. The van der Waals surface area contributed by atoms with Crippen LogP contribution in [0, 0.1) is 5.92 Å². The van der Waals surface area contributed by atoms with Crippen molar-refractivity contribution >= 4 is 12.0 Å². The number of carbonyl (C=O) groups excluding carboxylic acids is 2. The van der Waals surface area contributed by atoms with Gasteiger partial charge in [0, 0.05) is 6.42 Å². The molecule has 116 valence electrons. The van der Waals surface area contributed by atoms with Crippen molar-refractivity contribution in [3.05, 3.63) is 0 Å². The highest BCUT2D eigenvalue weighted by molar-refractivity contribution is 5.91. The number of hydrogen-bond acceptors (Lipinski definition) is 3. The van der Waals surface area contributed by atoms with Gasteiger partial charge in [-0.25, -0.2) is 4.79 Å². The van der Waals surface area contributed by atoms with E-state index in [2.05, 4.69) is 5.32 Å². The summed E-state index contributed by atoms with van der Waals surface area (Å²) in [7, 11) is 0. The molecule has 0 heterocycles. The highest BCUT2D eigenvalue weighted by atomic mass is 16.5. The zero-order valence-corrected chi connectivity index (χ0v) is 12.8. The van der Waals surface area contributed by atoms with Gasteiger partial charge in [0.25, 0.3) is 0 Å². The quantitative estimate of drug-likeness (QED) is 0.680. The van der Waals surface area contributed by atoms with Gasteiger partial charge in [-0.3, -0.25) is 10.1 Å². The van der Waals surface area contributed by atoms with E-state index < -0.39 is 6.09 Å². The van der Waals surface area contributed by atoms with Gasteiger partial charge in [-0.05, 0) is 18.8 Å². The number of hydrogen-bond donors (Lipinski definition) is 1. The number of rotatable bonds is 8. The fraction of sp³-hybridized carbons (Fsp3) is 0.875. The van der Waals surface area contributed by atoms with Gasteiger partial charge in [-0.15, -0.1) is 0 Å². The summed E-state index contributed by atoms with van der Waals surface area (Å²) in [5.74, 6) is 0.654. The molecule has 1 saturated carbocycles. The maximum Gasteiger partial charge on any atom is 0.413 e. The number of ether oxygens (including phenoxy) is 1. The largest absolute Gasteiger partial charge is 0.449 e. The molecule has 1 aliphatic rings. The Morgan fingerprint density at radius 1 is 1.10 bits per heavy atom. The summed E-state index contributed by atoms with van der Waals surface area (Å²) >= 11 is 0. The van der Waals surface area contributed by atoms with E-state index in [1.165, 1.54) is 38.5 Å². The standard InChI is InChI=1S/C16H29NO3/c1-2-3-13-20-16(19)17-15(18)12-8-7-11-14-9-5-4-6-10-14/h14H,2-13H2,1H3,(H,17,18,19). The number of unbranched alkanes of at least 4 members (excludes halogenated alkanes) is 2. The summed E-state index contributed by atoms with van der Waals surface area (Å²) in [6, 6.07) is 0. The Morgan fingerprint density at radius 3 is 2.55 bits per heavy atom. The molecule has 0 unspecified atom stereocenters. The second kappa shape index (κ2) is 10.7. The first-order chi connectivity index (χ1) is 9.72. The van der Waals surface area contributed by atoms with Crippen LogP contribution < -0.4 is 5.32 Å². The monoisotopic (exact) mass is 283 g/mol. The second-order valence-electron chi connectivity index (χ2n) is 5.79. The first-order valence-corrected chi connectivity index (χ1v) is 8.19. The number of carbonyl (C=O) groups is 2. The number of amides is 2. The van der Waals surface area contributed by atoms with E-state index in [0.717, 1.165) is 31.6 Å². The maximum absolute atomic E-state index is 11.5. The van der Waals surface area contributed by atoms with E-state index in [1.54, 1.807) is 0 Å². The first kappa shape index (κ1) is 17.0. The van der Waals surface area contributed by atoms with Crippen molar-refractivity contribution < 1.29 is 14.3 Å². The molecule has 0 aromatic carbocycles. The van der Waals surface area contributed by atoms with Gasteiger partial charge >= 0.3 is 6.09 Å². The zero-order chi connectivity index (χ0) is 14.6. The molecule has 20 heavy (non-hydrogen) atoms. The van der Waals surface area contributed by atoms with Gasteiger partial charge in [0.15, 0.2) is 0 Å². The minimum atomic E-state index is -0.601. The molecule has 0 saturated heterocycles. The van der Waals surface area contributed by atoms with E-state index in [4.69, 9.17) is 4.74 Å². The summed E-state index contributed by atoms with van der Waals surface area (Å²) < 4.78 is 4.88. The van der Waals surface area contributed by atoms with Crippen LogP contribution in [0.15, 0.2) is 0 Å². The van der Waals surface area contributed by atoms with E-state index in [0.29, 0.717) is 13.0 Å². The van der Waals surface area contributed by atoms with Crippen LogP contribution in [0.5, 0.6) is 0 Å². The molecule has 0 aliphatic heterocycles. The van der Waals surface area contributed by atoms with Crippen LogP contribution in [-0.4, -0.2) is 18.6 Å². The highest BCUT2D eigenvalue weighted by Gasteiger charge is 2.13. The Labute approximate surface area is 122 Å². The Kier molecular flexibility index (Phi) is 9.09. The highest BCUT2D eigenvalue weighted by Crippen LogP contribution is 2.27. The minimum Gasteiger partial charge on any atom is -0.449 e. The van der Waals surface area contributed by atoms with Crippen LogP contribution >= 0.6 is 0 Å². The van der Waals surface area contributed by atoms with Crippen molar-refractivity contribution in [1.29, 1.82) is 0 Å². The molecule has 1 N–H and O–H groups in total. The van der Waals surface area contributed by atoms with Gasteiger partial charge in [0.2, 0.25) is 5.91 Å². The van der Waals surface area contributed by atoms with Gasteiger partial charge < -0.3 is 4.74 Å². The molecule has 1 fully saturated rings. The topological polar surface area (TPSA) is 55.4 Å². The summed E-state index contributed by atoms with van der Waals surface area (Å²) in [6.45, 7) is 2.41. The molecule has 0 bridgehead atoms. The average Bonchev–Trinajstić information content (AvgIpc) is 2.45. The van der Waals surface area contributed by atoms with Gasteiger partial charge in [-0.2, -0.15) is 0 Å². The predicted octanol–water partition coefficient (Wildman–Crippen LogP) is 4.18. The van der Waals surface area contributed by atoms with E-state index in [-0.39, 0.29) is 5.91 Å². The summed E-state index contributed by atoms with van der Waals surface area (Å²) in [5, 5.41) is 2.28. The van der Waals surface area contributed by atoms with Crippen LogP contribution in [0.1, 0.15) is 77.6 Å². The Balaban J connectivity index is 1.97. The second-order valence-corrected chi connectivity index (χ2v) is 5.79. The third-order valence-electron chi connectivity index (χ3n) is 3.96.